The van der Waals surface area contributed by atoms with Crippen LogP contribution in [-0.2, 0) is 45.9 Å². The van der Waals surface area contributed by atoms with Gasteiger partial charge in [0.15, 0.2) is 5.82 Å². The summed E-state index contributed by atoms with van der Waals surface area (Å²) in [6, 6.07) is 41.7. The van der Waals surface area contributed by atoms with E-state index in [0.717, 1.165) is 129 Å². The van der Waals surface area contributed by atoms with Crippen molar-refractivity contribution >= 4 is 34.5 Å². The molecule has 0 spiro atoms. The number of thioether (sulfide) groups is 1. The maximum atomic E-state index is 15.0. The molecule has 29 nitrogen and oxygen atoms in total. The zero-order valence-electron chi connectivity index (χ0n) is 70.5. The number of rotatable bonds is 29. The molecule has 4 unspecified atom stereocenters. The smallest absolute Gasteiger partial charge is 0.350 e. The number of aromatic nitrogens is 17. The third-order valence-corrected chi connectivity index (χ3v) is 25.2. The summed E-state index contributed by atoms with van der Waals surface area (Å²) in [5.74, 6) is -4.57. The predicted octanol–water partition coefficient (Wildman–Crippen LogP) is 12.3. The van der Waals surface area contributed by atoms with Crippen LogP contribution in [0.3, 0.4) is 0 Å². The second kappa shape index (κ2) is 39.6. The summed E-state index contributed by atoms with van der Waals surface area (Å²) in [4.78, 5) is 55.7. The van der Waals surface area contributed by atoms with Crippen LogP contribution in [0.2, 0.25) is 0 Å². The molecule has 0 saturated carbocycles. The van der Waals surface area contributed by atoms with Crippen molar-refractivity contribution < 1.29 is 60.3 Å². The van der Waals surface area contributed by atoms with Crippen LogP contribution in [-0.4, -0.2) is 187 Å². The molecule has 0 radical (unpaired) electrons. The Hall–Kier alpha value is -12.4. The number of nitrogens with zero attached hydrogens (tertiary/aromatic N) is 21. The van der Waals surface area contributed by atoms with Crippen molar-refractivity contribution in [2.24, 2.45) is 0 Å². The average Bonchev–Trinajstić information content (AvgIpc) is 1.45. The minimum atomic E-state index is -1.96. The molecule has 37 heteroatoms. The largest absolute Gasteiger partial charge is 0.491 e. The van der Waals surface area contributed by atoms with Crippen molar-refractivity contribution in [1.29, 1.82) is 0 Å². The normalized spacial score (nSPS) is 19.4. The van der Waals surface area contributed by atoms with Gasteiger partial charge in [-0.05, 0) is 168 Å². The second-order valence-corrected chi connectivity index (χ2v) is 33.2. The summed E-state index contributed by atoms with van der Waals surface area (Å²) in [5, 5.41) is 52.2. The van der Waals surface area contributed by atoms with E-state index in [1.165, 1.54) is 98.0 Å². The third kappa shape index (κ3) is 20.4. The van der Waals surface area contributed by atoms with Gasteiger partial charge in [-0.25, -0.2) is 97.8 Å². The third-order valence-electron chi connectivity index (χ3n) is 24.0. The second-order valence-electron chi connectivity index (χ2n) is 32.1. The van der Waals surface area contributed by atoms with Gasteiger partial charge in [-0.3, -0.25) is 0 Å². The summed E-state index contributed by atoms with van der Waals surface area (Å²) < 4.78 is 129. The highest BCUT2D eigenvalue weighted by molar-refractivity contribution is 7.99. The van der Waals surface area contributed by atoms with Crippen LogP contribution in [0, 0.1) is 40.7 Å². The molecule has 0 bridgehead atoms. The van der Waals surface area contributed by atoms with Crippen LogP contribution in [0.5, 0.6) is 5.75 Å². The Morgan fingerprint density at radius 2 is 0.890 bits per heavy atom. The van der Waals surface area contributed by atoms with Crippen LogP contribution >= 0.6 is 11.8 Å². The quantitative estimate of drug-likeness (QED) is 0.0290. The number of aliphatic hydroxyl groups excluding tert-OH is 2. The molecule has 3 N–H and O–H groups in total. The molecular formula is C90H98F7N21O8S. The van der Waals surface area contributed by atoms with Gasteiger partial charge >= 0.3 is 11.4 Å². The van der Waals surface area contributed by atoms with Crippen LogP contribution in [0.15, 0.2) is 229 Å². The molecule has 6 aromatic heterocycles. The SMILES string of the molecule is CCC(C(C)O)n1ncn(-c2ccc(N3CCN(c4ccc(OC[C@H]5CC[C@](Cn6cncn6)(c6ccc(F)cc6F)O5)cc4)CC3)cc2)c1=O.CCC(C(C)O)n1ncn(-c2ccc(N3CCN(c4ccc(SC[C@H]5CC[C@](Cn6cncn6)(c6ccc(F)cc6F)O5)cc4)CC3)cc2)c1=O.C[C@@H](c1ncncc1F)[C@](O)(Cn1cncn1)c1ccc(F)cc1F. The van der Waals surface area contributed by atoms with Gasteiger partial charge in [0, 0.05) is 127 Å². The van der Waals surface area contributed by atoms with Crippen molar-refractivity contribution in [2.45, 2.75) is 157 Å². The highest BCUT2D eigenvalue weighted by Gasteiger charge is 2.47. The lowest BCUT2D eigenvalue weighted by Crippen LogP contribution is -2.46. The Balaban J connectivity index is 0.000000156. The number of anilines is 4. The molecular weight excluding hydrogens is 1670 g/mol. The fourth-order valence-corrected chi connectivity index (χ4v) is 18.1. The van der Waals surface area contributed by atoms with Crippen molar-refractivity contribution in [1.82, 2.24) is 83.0 Å². The lowest BCUT2D eigenvalue weighted by atomic mass is 9.79. The van der Waals surface area contributed by atoms with E-state index < -0.39 is 75.6 Å². The first-order valence-electron chi connectivity index (χ1n) is 42.1. The summed E-state index contributed by atoms with van der Waals surface area (Å²) in [5.41, 5.74) is 1.80. The Labute approximate surface area is 731 Å². The van der Waals surface area contributed by atoms with E-state index in [9.17, 15) is 55.6 Å². The summed E-state index contributed by atoms with van der Waals surface area (Å²) in [6.07, 6.45) is 15.6. The van der Waals surface area contributed by atoms with Gasteiger partial charge in [-0.2, -0.15) is 25.5 Å². The van der Waals surface area contributed by atoms with Gasteiger partial charge in [0.25, 0.3) is 0 Å². The Kier molecular flexibility index (Phi) is 27.9. The highest BCUT2D eigenvalue weighted by atomic mass is 32.2. The highest BCUT2D eigenvalue weighted by Crippen LogP contribution is 2.46. The van der Waals surface area contributed by atoms with E-state index in [1.54, 1.807) is 47.6 Å². The number of benzene rings is 7. The van der Waals surface area contributed by atoms with Gasteiger partial charge in [-0.15, -0.1) is 11.8 Å². The van der Waals surface area contributed by atoms with E-state index in [2.05, 4.69) is 106 Å². The van der Waals surface area contributed by atoms with Gasteiger partial charge < -0.3 is 49.1 Å². The lowest BCUT2D eigenvalue weighted by molar-refractivity contribution is -0.0734. The van der Waals surface area contributed by atoms with E-state index in [1.807, 2.05) is 74.5 Å². The monoisotopic (exact) mass is 1770 g/mol. The van der Waals surface area contributed by atoms with Gasteiger partial charge in [-0.1, -0.05) is 39.0 Å². The molecule has 127 heavy (non-hydrogen) atoms. The van der Waals surface area contributed by atoms with Crippen molar-refractivity contribution in [3.8, 4) is 17.1 Å². The number of halogens is 7. The Bertz CT molecular complexity index is 5600. The van der Waals surface area contributed by atoms with Crippen molar-refractivity contribution in [3.63, 3.8) is 0 Å². The molecule has 13 aromatic rings. The molecule has 10 heterocycles. The zero-order valence-corrected chi connectivity index (χ0v) is 71.3. The van der Waals surface area contributed by atoms with Crippen molar-refractivity contribution in [2.75, 3.05) is 84.3 Å². The van der Waals surface area contributed by atoms with Crippen LogP contribution in [0.1, 0.15) is 114 Å². The van der Waals surface area contributed by atoms with E-state index >= 15 is 0 Å². The minimum Gasteiger partial charge on any atom is -0.491 e. The lowest BCUT2D eigenvalue weighted by Gasteiger charge is -2.37. The van der Waals surface area contributed by atoms with Gasteiger partial charge in [0.05, 0.1) is 79.4 Å². The number of aliphatic hydroxyl groups is 3. The fourth-order valence-electron chi connectivity index (χ4n) is 17.1. The molecule has 4 aliphatic rings. The topological polar surface area (TPSA) is 299 Å². The number of hydrogen-bond donors (Lipinski definition) is 3. The Morgan fingerprint density at radius 1 is 0.480 bits per heavy atom. The molecule has 0 amide bonds. The standard InChI is InChI=1S/C37H42F2N8O4.C37H42F2N8O3S.C16H14F3N5O/c1-3-35(26(2)48)47-36(49)46(25-42-47)30-7-5-28(6-8-30)43-16-18-44(19-17-43)29-9-11-31(12-10-29)50-21-32-14-15-37(51-32,22-45-24-40-23-41-45)33-13-4-27(38)20-34(33)39;1-3-35(26(2)48)47-36(49)46(25-42-47)30-7-5-28(6-8-30)43-16-18-44(19-17-43)29-9-11-32(12-10-29)51-21-31-14-15-37(50-31,22-45-24-40-23-41-45)33-13-4-27(38)20-34(33)39;1-10(15-14(19)5-20-7-22-15)16(25,6-24-9-21-8-23-24)12-3-2-11(17)4-13(12)18/h4-13,20,23-26,32,35,48H,3,14-19,21-22H2,1-2H3;4-13,20,23-26,31,35,48H,3,14-19,21-22H2,1-2H3;2-5,7-10,25H,6H2,1H3/t26?,32-,35?,37+;26?,31-,35?,37+;10-,16+/m110/s1. The van der Waals surface area contributed by atoms with E-state index in [0.29, 0.717) is 67.3 Å². The van der Waals surface area contributed by atoms with E-state index in [4.69, 9.17) is 14.2 Å². The molecule has 7 aromatic carbocycles. The minimum absolute atomic E-state index is 0.0960. The molecule has 10 atom stereocenters. The van der Waals surface area contributed by atoms with Gasteiger partial charge in [0.2, 0.25) is 0 Å². The van der Waals surface area contributed by atoms with Crippen LogP contribution in [0.25, 0.3) is 11.4 Å². The molecule has 17 rings (SSSR count). The van der Waals surface area contributed by atoms with Crippen molar-refractivity contribution in [3.05, 3.63) is 299 Å². The summed E-state index contributed by atoms with van der Waals surface area (Å²) in [7, 11) is 0. The first-order chi connectivity index (χ1) is 61.4. The first kappa shape index (κ1) is 89.4. The average molecular weight is 1770 g/mol. The maximum Gasteiger partial charge on any atom is 0.350 e. The number of ether oxygens (including phenoxy) is 3. The number of hydrogen-bond acceptors (Lipinski definition) is 23. The summed E-state index contributed by atoms with van der Waals surface area (Å²) >= 11 is 1.71. The van der Waals surface area contributed by atoms with Crippen LogP contribution in [0.4, 0.5) is 53.5 Å². The molecule has 4 fully saturated rings. The maximum absolute atomic E-state index is 15.0. The van der Waals surface area contributed by atoms with Gasteiger partial charge in [0.1, 0.15) is 121 Å². The predicted molar refractivity (Wildman–Crippen MR) is 461 cm³/mol. The molecule has 4 aliphatic heterocycles. The first-order valence-corrected chi connectivity index (χ1v) is 43.1. The molecule has 4 saturated heterocycles. The number of piperazine rings is 2. The fraction of sp³-hybridized carbons (Fsp3) is 0.378. The summed E-state index contributed by atoms with van der Waals surface area (Å²) in [6.45, 7) is 16.1. The zero-order chi connectivity index (χ0) is 89.1. The Morgan fingerprint density at radius 3 is 1.31 bits per heavy atom. The molecule has 0 aliphatic carbocycles. The van der Waals surface area contributed by atoms with E-state index in [-0.39, 0.29) is 66.6 Å². The van der Waals surface area contributed by atoms with Crippen LogP contribution < -0.4 is 35.7 Å². The molecule has 666 valence electrons.